The second-order valence-corrected chi connectivity index (χ2v) is 4.68. The van der Waals surface area contributed by atoms with Gasteiger partial charge in [0.05, 0.1) is 25.8 Å². The van der Waals surface area contributed by atoms with Crippen molar-refractivity contribution in [3.63, 3.8) is 0 Å². The van der Waals surface area contributed by atoms with E-state index in [1.54, 1.807) is 6.92 Å². The number of hydrogen-bond acceptors (Lipinski definition) is 5. The molecule has 2 N–H and O–H groups in total. The SMILES string of the molecule is CCOC(=O)c1cnc(NC(=O)CCOCC2CC2)[nH]1. The van der Waals surface area contributed by atoms with Crippen molar-refractivity contribution < 1.29 is 19.1 Å². The number of nitrogens with one attached hydrogen (secondary N) is 2. The molecular weight excluding hydrogens is 262 g/mol. The molecule has 0 radical (unpaired) electrons. The van der Waals surface area contributed by atoms with Gasteiger partial charge in [-0.3, -0.25) is 10.1 Å². The summed E-state index contributed by atoms with van der Waals surface area (Å²) in [5, 5.41) is 2.57. The summed E-state index contributed by atoms with van der Waals surface area (Å²) in [5.41, 5.74) is 0.215. The van der Waals surface area contributed by atoms with Gasteiger partial charge in [-0.15, -0.1) is 0 Å². The van der Waals surface area contributed by atoms with Crippen LogP contribution in [0.15, 0.2) is 6.20 Å². The second-order valence-electron chi connectivity index (χ2n) is 4.68. The monoisotopic (exact) mass is 281 g/mol. The summed E-state index contributed by atoms with van der Waals surface area (Å²) in [6.07, 6.45) is 4.06. The normalized spacial score (nSPS) is 14.1. The zero-order chi connectivity index (χ0) is 14.4. The van der Waals surface area contributed by atoms with Crippen molar-refractivity contribution in [1.29, 1.82) is 0 Å². The first-order valence-electron chi connectivity index (χ1n) is 6.78. The summed E-state index contributed by atoms with van der Waals surface area (Å²) >= 11 is 0. The Hall–Kier alpha value is -1.89. The lowest BCUT2D eigenvalue weighted by atomic mass is 10.4. The summed E-state index contributed by atoms with van der Waals surface area (Å²) in [5.74, 6) is 0.231. The molecule has 0 bridgehead atoms. The van der Waals surface area contributed by atoms with Crippen LogP contribution in [0.5, 0.6) is 0 Å². The van der Waals surface area contributed by atoms with Gasteiger partial charge in [0.25, 0.3) is 0 Å². The van der Waals surface area contributed by atoms with Crippen LogP contribution in [0.4, 0.5) is 5.95 Å². The number of esters is 1. The van der Waals surface area contributed by atoms with Gasteiger partial charge < -0.3 is 14.5 Å². The van der Waals surface area contributed by atoms with Crippen LogP contribution in [-0.4, -0.2) is 41.7 Å². The molecule has 1 amide bonds. The number of carbonyl (C=O) groups is 2. The number of nitrogens with zero attached hydrogens (tertiary/aromatic N) is 1. The predicted octanol–water partition coefficient (Wildman–Crippen LogP) is 1.34. The van der Waals surface area contributed by atoms with Gasteiger partial charge in [0, 0.05) is 6.61 Å². The lowest BCUT2D eigenvalue weighted by Crippen LogP contribution is -2.15. The van der Waals surface area contributed by atoms with Gasteiger partial charge in [-0.2, -0.15) is 0 Å². The number of amides is 1. The first kappa shape index (κ1) is 14.5. The Labute approximate surface area is 117 Å². The summed E-state index contributed by atoms with van der Waals surface area (Å²) in [4.78, 5) is 29.6. The lowest BCUT2D eigenvalue weighted by Gasteiger charge is -2.03. The molecule has 1 aromatic heterocycles. The number of hydrogen-bond donors (Lipinski definition) is 2. The van der Waals surface area contributed by atoms with E-state index in [1.807, 2.05) is 0 Å². The van der Waals surface area contributed by atoms with Gasteiger partial charge >= 0.3 is 5.97 Å². The maximum absolute atomic E-state index is 11.6. The van der Waals surface area contributed by atoms with Crippen LogP contribution in [-0.2, 0) is 14.3 Å². The fraction of sp³-hybridized carbons (Fsp3) is 0.615. The van der Waals surface area contributed by atoms with Gasteiger partial charge in [0.15, 0.2) is 0 Å². The van der Waals surface area contributed by atoms with E-state index in [2.05, 4.69) is 15.3 Å². The fourth-order valence-electron chi connectivity index (χ4n) is 1.59. The molecule has 0 atom stereocenters. The zero-order valence-electron chi connectivity index (χ0n) is 11.5. The molecule has 0 unspecified atom stereocenters. The van der Waals surface area contributed by atoms with E-state index in [0.717, 1.165) is 6.61 Å². The van der Waals surface area contributed by atoms with E-state index in [1.165, 1.54) is 19.0 Å². The van der Waals surface area contributed by atoms with E-state index in [9.17, 15) is 9.59 Å². The molecule has 1 aliphatic carbocycles. The van der Waals surface area contributed by atoms with Crippen LogP contribution in [0.2, 0.25) is 0 Å². The van der Waals surface area contributed by atoms with E-state index in [4.69, 9.17) is 9.47 Å². The number of carbonyl (C=O) groups excluding carboxylic acids is 2. The number of rotatable bonds is 8. The molecule has 7 heteroatoms. The molecular formula is C13H19N3O4. The second kappa shape index (κ2) is 7.04. The van der Waals surface area contributed by atoms with Crippen molar-refractivity contribution >= 4 is 17.8 Å². The number of aromatic amines is 1. The highest BCUT2D eigenvalue weighted by atomic mass is 16.5. The van der Waals surface area contributed by atoms with Gasteiger partial charge in [-0.05, 0) is 25.7 Å². The molecule has 110 valence electrons. The Bertz CT molecular complexity index is 468. The first-order chi connectivity index (χ1) is 9.69. The van der Waals surface area contributed by atoms with E-state index < -0.39 is 5.97 Å². The Kier molecular flexibility index (Phi) is 5.11. The molecule has 1 saturated carbocycles. The standard InChI is InChI=1S/C13H19N3O4/c1-2-20-12(18)10-7-14-13(15-10)16-11(17)5-6-19-8-9-3-4-9/h7,9H,2-6,8H2,1H3,(H2,14,15,16,17). The Morgan fingerprint density at radius 3 is 3.00 bits per heavy atom. The maximum atomic E-state index is 11.6. The summed E-state index contributed by atoms with van der Waals surface area (Å²) in [7, 11) is 0. The zero-order valence-corrected chi connectivity index (χ0v) is 11.5. The minimum absolute atomic E-state index is 0.203. The molecule has 7 nitrogen and oxygen atoms in total. The average Bonchev–Trinajstić information content (AvgIpc) is 3.13. The fourth-order valence-corrected chi connectivity index (χ4v) is 1.59. The Balaban J connectivity index is 1.68. The van der Waals surface area contributed by atoms with Crippen molar-refractivity contribution in [2.24, 2.45) is 5.92 Å². The van der Waals surface area contributed by atoms with Crippen molar-refractivity contribution in [3.05, 3.63) is 11.9 Å². The quantitative estimate of drug-likeness (QED) is 0.554. The lowest BCUT2D eigenvalue weighted by molar-refractivity contribution is -0.117. The third-order valence-corrected chi connectivity index (χ3v) is 2.85. The van der Waals surface area contributed by atoms with Crippen LogP contribution in [0, 0.1) is 5.92 Å². The average molecular weight is 281 g/mol. The third-order valence-electron chi connectivity index (χ3n) is 2.85. The van der Waals surface area contributed by atoms with Crippen molar-refractivity contribution in [1.82, 2.24) is 9.97 Å². The van der Waals surface area contributed by atoms with Crippen molar-refractivity contribution in [2.75, 3.05) is 25.1 Å². The third kappa shape index (κ3) is 4.65. The van der Waals surface area contributed by atoms with Crippen molar-refractivity contribution in [2.45, 2.75) is 26.2 Å². The van der Waals surface area contributed by atoms with Gasteiger partial charge in [0.2, 0.25) is 11.9 Å². The number of anilines is 1. The Morgan fingerprint density at radius 1 is 1.50 bits per heavy atom. The topological polar surface area (TPSA) is 93.3 Å². The largest absolute Gasteiger partial charge is 0.461 e. The van der Waals surface area contributed by atoms with E-state index in [0.29, 0.717) is 12.5 Å². The minimum Gasteiger partial charge on any atom is -0.461 e. The van der Waals surface area contributed by atoms with Gasteiger partial charge in [-0.1, -0.05) is 0 Å². The molecule has 20 heavy (non-hydrogen) atoms. The molecule has 1 aliphatic rings. The summed E-state index contributed by atoms with van der Waals surface area (Å²) < 4.78 is 10.2. The number of H-pyrrole nitrogens is 1. The summed E-state index contributed by atoms with van der Waals surface area (Å²) in [6, 6.07) is 0. The van der Waals surface area contributed by atoms with Gasteiger partial charge in [0.1, 0.15) is 5.69 Å². The molecule has 0 aromatic carbocycles. The minimum atomic E-state index is -0.492. The van der Waals surface area contributed by atoms with Crippen LogP contribution in [0.1, 0.15) is 36.7 Å². The molecule has 1 heterocycles. The van der Waals surface area contributed by atoms with Crippen LogP contribution >= 0.6 is 0 Å². The first-order valence-corrected chi connectivity index (χ1v) is 6.78. The highest BCUT2D eigenvalue weighted by Gasteiger charge is 2.21. The highest BCUT2D eigenvalue weighted by Crippen LogP contribution is 2.28. The van der Waals surface area contributed by atoms with E-state index in [-0.39, 0.29) is 30.6 Å². The maximum Gasteiger partial charge on any atom is 0.356 e. The highest BCUT2D eigenvalue weighted by molar-refractivity contribution is 5.91. The molecule has 0 saturated heterocycles. The predicted molar refractivity (Wildman–Crippen MR) is 71.3 cm³/mol. The number of aromatic nitrogens is 2. The molecule has 1 aromatic rings. The van der Waals surface area contributed by atoms with Crippen LogP contribution in [0.3, 0.4) is 0 Å². The number of imidazole rings is 1. The molecule has 0 spiro atoms. The van der Waals surface area contributed by atoms with Crippen LogP contribution in [0.25, 0.3) is 0 Å². The summed E-state index contributed by atoms with van der Waals surface area (Å²) in [6.45, 7) is 3.14. The molecule has 2 rings (SSSR count). The molecule has 1 fully saturated rings. The Morgan fingerprint density at radius 2 is 2.30 bits per heavy atom. The van der Waals surface area contributed by atoms with E-state index >= 15 is 0 Å². The van der Waals surface area contributed by atoms with Crippen LogP contribution < -0.4 is 5.32 Å². The van der Waals surface area contributed by atoms with Crippen molar-refractivity contribution in [3.8, 4) is 0 Å². The van der Waals surface area contributed by atoms with Gasteiger partial charge in [-0.25, -0.2) is 9.78 Å². The number of ether oxygens (including phenoxy) is 2. The molecule has 0 aliphatic heterocycles. The smallest absolute Gasteiger partial charge is 0.356 e.